The monoisotopic (exact) mass is 327 g/mol. The number of carbonyl (C=O) groups excluding carboxylic acids is 1. The Balaban J connectivity index is 1.82. The van der Waals surface area contributed by atoms with Crippen molar-refractivity contribution in [3.8, 4) is 0 Å². The molecule has 0 bridgehead atoms. The second-order valence-electron chi connectivity index (χ2n) is 5.95. The van der Waals surface area contributed by atoms with Crippen LogP contribution in [0, 0.1) is 0 Å². The molecule has 1 aliphatic rings. The number of rotatable bonds is 1. The van der Waals surface area contributed by atoms with Gasteiger partial charge >= 0.3 is 5.63 Å². The first kappa shape index (κ1) is 14.5. The summed E-state index contributed by atoms with van der Waals surface area (Å²) in [6.07, 6.45) is 4.48. The molecule has 0 N–H and O–H groups in total. The summed E-state index contributed by atoms with van der Waals surface area (Å²) in [7, 11) is 0. The average molecular weight is 327 g/mol. The van der Waals surface area contributed by atoms with E-state index < -0.39 is 0 Å². The zero-order chi connectivity index (χ0) is 15.8. The van der Waals surface area contributed by atoms with Gasteiger partial charge in [-0.15, -0.1) is 11.3 Å². The van der Waals surface area contributed by atoms with E-state index in [0.717, 1.165) is 36.0 Å². The Hall–Kier alpha value is -2.14. The topological polar surface area (TPSA) is 50.5 Å². The molecule has 4 rings (SSSR count). The maximum absolute atomic E-state index is 12.8. The summed E-state index contributed by atoms with van der Waals surface area (Å²) in [6, 6.07) is 9.17. The predicted molar refractivity (Wildman–Crippen MR) is 92.2 cm³/mol. The summed E-state index contributed by atoms with van der Waals surface area (Å²) in [5.41, 5.74) is 0.200. The summed E-state index contributed by atoms with van der Waals surface area (Å²) < 4.78 is 6.20. The van der Waals surface area contributed by atoms with Crippen molar-refractivity contribution in [3.63, 3.8) is 0 Å². The van der Waals surface area contributed by atoms with Crippen LogP contribution in [0.1, 0.15) is 35.4 Å². The molecule has 118 valence electrons. The van der Waals surface area contributed by atoms with Crippen LogP contribution < -0.4 is 5.63 Å². The Kier molecular flexibility index (Phi) is 3.65. The number of carbonyl (C=O) groups is 1. The highest BCUT2D eigenvalue weighted by atomic mass is 32.1. The zero-order valence-electron chi connectivity index (χ0n) is 12.7. The van der Waals surface area contributed by atoms with E-state index in [9.17, 15) is 9.59 Å². The van der Waals surface area contributed by atoms with Gasteiger partial charge in [0.25, 0.3) is 5.91 Å². The van der Waals surface area contributed by atoms with Crippen molar-refractivity contribution in [2.45, 2.75) is 25.7 Å². The van der Waals surface area contributed by atoms with E-state index in [4.69, 9.17) is 4.42 Å². The lowest BCUT2D eigenvalue weighted by Crippen LogP contribution is -2.31. The lowest BCUT2D eigenvalue weighted by Gasteiger charge is -2.19. The van der Waals surface area contributed by atoms with E-state index in [1.807, 2.05) is 23.1 Å². The molecule has 0 atom stereocenters. The van der Waals surface area contributed by atoms with Crippen LogP contribution in [0.5, 0.6) is 0 Å². The lowest BCUT2D eigenvalue weighted by molar-refractivity contribution is 0.0766. The van der Waals surface area contributed by atoms with Gasteiger partial charge in [-0.3, -0.25) is 4.79 Å². The molecule has 1 amide bonds. The van der Waals surface area contributed by atoms with Crippen LogP contribution in [-0.2, 0) is 0 Å². The van der Waals surface area contributed by atoms with E-state index in [-0.39, 0.29) is 11.5 Å². The minimum Gasteiger partial charge on any atom is -0.422 e. The summed E-state index contributed by atoms with van der Waals surface area (Å²) in [5, 5.41) is 1.40. The van der Waals surface area contributed by atoms with Crippen LogP contribution >= 0.6 is 11.3 Å². The van der Waals surface area contributed by atoms with E-state index in [0.29, 0.717) is 15.8 Å². The Bertz CT molecular complexity index is 932. The van der Waals surface area contributed by atoms with Gasteiger partial charge in [-0.05, 0) is 31.0 Å². The van der Waals surface area contributed by atoms with Crippen LogP contribution in [0.3, 0.4) is 0 Å². The van der Waals surface area contributed by atoms with E-state index in [2.05, 4.69) is 0 Å². The third kappa shape index (κ3) is 2.55. The van der Waals surface area contributed by atoms with E-state index >= 15 is 0 Å². The van der Waals surface area contributed by atoms with E-state index in [1.165, 1.54) is 24.2 Å². The first-order valence-electron chi connectivity index (χ1n) is 7.99. The minimum atomic E-state index is -0.370. The molecule has 1 aliphatic heterocycles. The Morgan fingerprint density at radius 1 is 1.04 bits per heavy atom. The van der Waals surface area contributed by atoms with Crippen LogP contribution in [0.15, 0.2) is 39.5 Å². The van der Waals surface area contributed by atoms with Crippen LogP contribution in [0.25, 0.3) is 21.1 Å². The van der Waals surface area contributed by atoms with Gasteiger partial charge < -0.3 is 9.32 Å². The molecular weight excluding hydrogens is 310 g/mol. The molecular formula is C18H17NO3S. The average Bonchev–Trinajstić information content (AvgIpc) is 2.84. The van der Waals surface area contributed by atoms with Crippen molar-refractivity contribution < 1.29 is 9.21 Å². The van der Waals surface area contributed by atoms with Gasteiger partial charge in [0.2, 0.25) is 0 Å². The summed E-state index contributed by atoms with van der Waals surface area (Å²) in [4.78, 5) is 27.5. The largest absolute Gasteiger partial charge is 0.422 e. The van der Waals surface area contributed by atoms with E-state index in [1.54, 1.807) is 12.1 Å². The molecule has 23 heavy (non-hydrogen) atoms. The second kappa shape index (κ2) is 5.81. The Morgan fingerprint density at radius 2 is 1.78 bits per heavy atom. The molecule has 1 aromatic carbocycles. The fourth-order valence-electron chi connectivity index (χ4n) is 3.18. The highest BCUT2D eigenvalue weighted by Gasteiger charge is 2.21. The van der Waals surface area contributed by atoms with Crippen LogP contribution in [-0.4, -0.2) is 23.9 Å². The summed E-state index contributed by atoms with van der Waals surface area (Å²) in [6.45, 7) is 1.62. The maximum atomic E-state index is 12.8. The fraction of sp³-hybridized carbons (Fsp3) is 0.333. The van der Waals surface area contributed by atoms with Crippen molar-refractivity contribution in [2.24, 2.45) is 0 Å². The summed E-state index contributed by atoms with van der Waals surface area (Å²) in [5.74, 6) is 0.0385. The molecule has 5 heteroatoms. The number of benzene rings is 1. The minimum absolute atomic E-state index is 0.0385. The first-order chi connectivity index (χ1) is 11.2. The van der Waals surface area contributed by atoms with Crippen LogP contribution in [0.2, 0.25) is 0 Å². The smallest absolute Gasteiger partial charge is 0.345 e. The van der Waals surface area contributed by atoms with Crippen molar-refractivity contribution >= 4 is 38.3 Å². The third-order valence-electron chi connectivity index (χ3n) is 4.39. The van der Waals surface area contributed by atoms with Crippen molar-refractivity contribution in [1.29, 1.82) is 0 Å². The molecule has 2 aromatic heterocycles. The quantitative estimate of drug-likeness (QED) is 0.634. The molecule has 4 nitrogen and oxygen atoms in total. The standard InChI is InChI=1S/C18H17NO3S/c20-17(19-9-5-1-2-6-10-19)15-11-13-16(23-15)12-7-3-4-8-14(12)22-18(13)21/h3-4,7-8,11H,1-2,5-6,9-10H2. The summed E-state index contributed by atoms with van der Waals surface area (Å²) >= 11 is 1.40. The molecule has 0 unspecified atom stereocenters. The molecule has 3 heterocycles. The van der Waals surface area contributed by atoms with Gasteiger partial charge in [0, 0.05) is 18.5 Å². The van der Waals surface area contributed by atoms with Crippen molar-refractivity contribution in [1.82, 2.24) is 4.90 Å². The number of thiophene rings is 1. The van der Waals surface area contributed by atoms with Gasteiger partial charge in [0.1, 0.15) is 5.58 Å². The SMILES string of the molecule is O=C(c1cc2c(=O)oc3ccccc3c2s1)N1CCCCCC1. The normalized spacial score (nSPS) is 15.9. The molecule has 0 spiro atoms. The Morgan fingerprint density at radius 3 is 2.57 bits per heavy atom. The highest BCUT2D eigenvalue weighted by molar-refractivity contribution is 7.21. The number of hydrogen-bond donors (Lipinski definition) is 0. The number of amides is 1. The molecule has 0 saturated carbocycles. The number of hydrogen-bond acceptors (Lipinski definition) is 4. The number of para-hydroxylation sites is 1. The van der Waals surface area contributed by atoms with Gasteiger partial charge in [-0.1, -0.05) is 25.0 Å². The first-order valence-corrected chi connectivity index (χ1v) is 8.80. The molecule has 0 radical (unpaired) electrons. The number of fused-ring (bicyclic) bond motifs is 3. The number of nitrogens with zero attached hydrogens (tertiary/aromatic N) is 1. The molecule has 0 aliphatic carbocycles. The van der Waals surface area contributed by atoms with Crippen molar-refractivity contribution in [3.05, 3.63) is 45.6 Å². The number of likely N-dealkylation sites (tertiary alicyclic amines) is 1. The predicted octanol–water partition coefficient (Wildman–Crippen LogP) is 4.02. The van der Waals surface area contributed by atoms with Crippen molar-refractivity contribution in [2.75, 3.05) is 13.1 Å². The molecule has 1 fully saturated rings. The van der Waals surface area contributed by atoms with Gasteiger partial charge in [0.15, 0.2) is 0 Å². The fourth-order valence-corrected chi connectivity index (χ4v) is 4.32. The second-order valence-corrected chi connectivity index (χ2v) is 7.00. The Labute approximate surface area is 137 Å². The van der Waals surface area contributed by atoms with Gasteiger partial charge in [-0.25, -0.2) is 4.79 Å². The zero-order valence-corrected chi connectivity index (χ0v) is 13.5. The highest BCUT2D eigenvalue weighted by Crippen LogP contribution is 2.31. The molecule has 3 aromatic rings. The maximum Gasteiger partial charge on any atom is 0.345 e. The van der Waals surface area contributed by atoms with Gasteiger partial charge in [0.05, 0.1) is 15.0 Å². The third-order valence-corrected chi connectivity index (χ3v) is 5.55. The van der Waals surface area contributed by atoms with Crippen LogP contribution in [0.4, 0.5) is 0 Å². The molecule has 1 saturated heterocycles. The lowest BCUT2D eigenvalue weighted by atomic mass is 10.2. The van der Waals surface area contributed by atoms with Gasteiger partial charge in [-0.2, -0.15) is 0 Å².